The molecule has 1 aromatic carbocycles. The number of rotatable bonds is 5. The lowest BCUT2D eigenvalue weighted by atomic mass is 10.1. The van der Waals surface area contributed by atoms with Gasteiger partial charge in [0.15, 0.2) is 0 Å². The SMILES string of the molecule is Cc1ccc(C(=O)NCCCN(C)C)cc1Cl. The molecule has 1 amide bonds. The number of carbonyl (C=O) groups is 1. The first-order valence-electron chi connectivity index (χ1n) is 5.70. The monoisotopic (exact) mass is 254 g/mol. The quantitative estimate of drug-likeness (QED) is 0.818. The van der Waals surface area contributed by atoms with Crippen molar-refractivity contribution in [2.75, 3.05) is 27.2 Å². The van der Waals surface area contributed by atoms with Crippen LogP contribution in [0.3, 0.4) is 0 Å². The smallest absolute Gasteiger partial charge is 0.251 e. The van der Waals surface area contributed by atoms with Crippen molar-refractivity contribution in [2.45, 2.75) is 13.3 Å². The summed E-state index contributed by atoms with van der Waals surface area (Å²) in [6.07, 6.45) is 0.943. The molecule has 0 aromatic heterocycles. The van der Waals surface area contributed by atoms with Crippen LogP contribution in [0.1, 0.15) is 22.3 Å². The normalized spacial score (nSPS) is 10.6. The average molecular weight is 255 g/mol. The second kappa shape index (κ2) is 6.62. The van der Waals surface area contributed by atoms with Gasteiger partial charge in [0.25, 0.3) is 5.91 Å². The van der Waals surface area contributed by atoms with Crippen molar-refractivity contribution in [3.05, 3.63) is 34.3 Å². The predicted molar refractivity (Wildman–Crippen MR) is 71.7 cm³/mol. The van der Waals surface area contributed by atoms with E-state index in [9.17, 15) is 4.79 Å². The lowest BCUT2D eigenvalue weighted by molar-refractivity contribution is 0.0952. The Labute approximate surface area is 108 Å². The Bertz CT molecular complexity index is 391. The van der Waals surface area contributed by atoms with Gasteiger partial charge in [-0.2, -0.15) is 0 Å². The van der Waals surface area contributed by atoms with Crippen molar-refractivity contribution >= 4 is 17.5 Å². The first-order valence-corrected chi connectivity index (χ1v) is 6.07. The van der Waals surface area contributed by atoms with Gasteiger partial charge in [-0.3, -0.25) is 4.79 Å². The third-order valence-electron chi connectivity index (χ3n) is 2.50. The van der Waals surface area contributed by atoms with Gasteiger partial charge in [0.1, 0.15) is 0 Å². The van der Waals surface area contributed by atoms with Crippen molar-refractivity contribution in [1.82, 2.24) is 10.2 Å². The van der Waals surface area contributed by atoms with Crippen molar-refractivity contribution in [2.24, 2.45) is 0 Å². The van der Waals surface area contributed by atoms with Crippen LogP contribution in [0.2, 0.25) is 5.02 Å². The van der Waals surface area contributed by atoms with E-state index >= 15 is 0 Å². The lowest BCUT2D eigenvalue weighted by Gasteiger charge is -2.10. The number of carbonyl (C=O) groups excluding carboxylic acids is 1. The van der Waals surface area contributed by atoms with Crippen molar-refractivity contribution in [1.29, 1.82) is 0 Å². The highest BCUT2D eigenvalue weighted by Gasteiger charge is 2.06. The van der Waals surface area contributed by atoms with E-state index in [2.05, 4.69) is 10.2 Å². The summed E-state index contributed by atoms with van der Waals surface area (Å²) in [5.74, 6) is -0.0642. The summed E-state index contributed by atoms with van der Waals surface area (Å²) >= 11 is 5.97. The molecule has 17 heavy (non-hydrogen) atoms. The molecular weight excluding hydrogens is 236 g/mol. The Morgan fingerprint density at radius 1 is 1.41 bits per heavy atom. The molecule has 94 valence electrons. The molecule has 0 saturated carbocycles. The van der Waals surface area contributed by atoms with E-state index in [1.165, 1.54) is 0 Å². The number of nitrogens with one attached hydrogen (secondary N) is 1. The third kappa shape index (κ3) is 4.75. The first kappa shape index (κ1) is 14.0. The van der Waals surface area contributed by atoms with Gasteiger partial charge in [-0.1, -0.05) is 17.7 Å². The van der Waals surface area contributed by atoms with E-state index in [0.717, 1.165) is 18.5 Å². The summed E-state index contributed by atoms with van der Waals surface area (Å²) in [5, 5.41) is 3.51. The summed E-state index contributed by atoms with van der Waals surface area (Å²) in [6, 6.07) is 5.36. The minimum absolute atomic E-state index is 0.0642. The first-order chi connectivity index (χ1) is 8.00. The van der Waals surface area contributed by atoms with Gasteiger partial charge < -0.3 is 10.2 Å². The molecule has 0 spiro atoms. The maximum Gasteiger partial charge on any atom is 0.251 e. The van der Waals surface area contributed by atoms with Crippen molar-refractivity contribution < 1.29 is 4.79 Å². The van der Waals surface area contributed by atoms with Gasteiger partial charge in [-0.15, -0.1) is 0 Å². The van der Waals surface area contributed by atoms with Crippen LogP contribution in [0, 0.1) is 6.92 Å². The number of halogens is 1. The van der Waals surface area contributed by atoms with E-state index in [1.54, 1.807) is 12.1 Å². The molecule has 0 heterocycles. The molecule has 0 fully saturated rings. The van der Waals surface area contributed by atoms with E-state index in [4.69, 9.17) is 11.6 Å². The number of benzene rings is 1. The van der Waals surface area contributed by atoms with Gasteiger partial charge in [0.2, 0.25) is 0 Å². The summed E-state index contributed by atoms with van der Waals surface area (Å²) in [7, 11) is 4.03. The highest BCUT2D eigenvalue weighted by Crippen LogP contribution is 2.16. The Hall–Kier alpha value is -1.06. The van der Waals surface area contributed by atoms with Crippen LogP contribution in [0.15, 0.2) is 18.2 Å². The van der Waals surface area contributed by atoms with Crippen molar-refractivity contribution in [3.8, 4) is 0 Å². The minimum Gasteiger partial charge on any atom is -0.352 e. The molecule has 1 aromatic rings. The second-order valence-corrected chi connectivity index (χ2v) is 4.78. The standard InChI is InChI=1S/C13H19ClN2O/c1-10-5-6-11(9-12(10)14)13(17)15-7-4-8-16(2)3/h5-6,9H,4,7-8H2,1-3H3,(H,15,17). The number of hydrogen-bond donors (Lipinski definition) is 1. The van der Waals surface area contributed by atoms with Gasteiger partial charge in [-0.25, -0.2) is 0 Å². The zero-order valence-electron chi connectivity index (χ0n) is 10.6. The molecule has 0 saturated heterocycles. The fourth-order valence-electron chi connectivity index (χ4n) is 1.43. The number of nitrogens with zero attached hydrogens (tertiary/aromatic N) is 1. The van der Waals surface area contributed by atoms with E-state index in [-0.39, 0.29) is 5.91 Å². The third-order valence-corrected chi connectivity index (χ3v) is 2.91. The fourth-order valence-corrected chi connectivity index (χ4v) is 1.61. The van der Waals surface area contributed by atoms with Crippen molar-refractivity contribution in [3.63, 3.8) is 0 Å². The summed E-state index contributed by atoms with van der Waals surface area (Å²) < 4.78 is 0. The lowest BCUT2D eigenvalue weighted by Crippen LogP contribution is -2.27. The van der Waals surface area contributed by atoms with Crippen LogP contribution in [-0.2, 0) is 0 Å². The molecule has 0 bridgehead atoms. The van der Waals surface area contributed by atoms with Gasteiger partial charge in [0, 0.05) is 17.1 Å². The average Bonchev–Trinajstić information content (AvgIpc) is 2.27. The molecule has 4 heteroatoms. The highest BCUT2D eigenvalue weighted by atomic mass is 35.5. The minimum atomic E-state index is -0.0642. The van der Waals surface area contributed by atoms with E-state index in [0.29, 0.717) is 17.1 Å². The second-order valence-electron chi connectivity index (χ2n) is 4.38. The van der Waals surface area contributed by atoms with Crippen LogP contribution in [0.5, 0.6) is 0 Å². The van der Waals surface area contributed by atoms with Crippen LogP contribution in [0.4, 0.5) is 0 Å². The molecule has 1 N–H and O–H groups in total. The topological polar surface area (TPSA) is 32.3 Å². The molecule has 0 radical (unpaired) electrons. The van der Waals surface area contributed by atoms with Crippen LogP contribution >= 0.6 is 11.6 Å². The predicted octanol–water partition coefficient (Wildman–Crippen LogP) is 2.33. The molecule has 1 rings (SSSR count). The summed E-state index contributed by atoms with van der Waals surface area (Å²) in [5.41, 5.74) is 1.60. The van der Waals surface area contributed by atoms with Gasteiger partial charge in [0.05, 0.1) is 0 Å². The zero-order chi connectivity index (χ0) is 12.8. The molecule has 0 aliphatic carbocycles. The zero-order valence-corrected chi connectivity index (χ0v) is 11.3. The summed E-state index contributed by atoms with van der Waals surface area (Å²) in [6.45, 7) is 3.57. The van der Waals surface area contributed by atoms with Crippen LogP contribution in [-0.4, -0.2) is 38.0 Å². The molecule has 0 unspecified atom stereocenters. The number of hydrogen-bond acceptors (Lipinski definition) is 2. The Balaban J connectivity index is 2.44. The number of aryl methyl sites for hydroxylation is 1. The van der Waals surface area contributed by atoms with Crippen LogP contribution < -0.4 is 5.32 Å². The highest BCUT2D eigenvalue weighted by molar-refractivity contribution is 6.31. The molecule has 3 nitrogen and oxygen atoms in total. The molecule has 0 atom stereocenters. The van der Waals surface area contributed by atoms with Gasteiger partial charge >= 0.3 is 0 Å². The number of amides is 1. The fraction of sp³-hybridized carbons (Fsp3) is 0.462. The van der Waals surface area contributed by atoms with Gasteiger partial charge in [-0.05, 0) is 51.7 Å². The summed E-state index contributed by atoms with van der Waals surface area (Å²) in [4.78, 5) is 13.9. The van der Waals surface area contributed by atoms with E-state index in [1.807, 2.05) is 27.1 Å². The van der Waals surface area contributed by atoms with Crippen LogP contribution in [0.25, 0.3) is 0 Å². The molecule has 0 aliphatic heterocycles. The Morgan fingerprint density at radius 3 is 2.71 bits per heavy atom. The molecule has 0 aliphatic rings. The Morgan fingerprint density at radius 2 is 2.12 bits per heavy atom. The maximum absolute atomic E-state index is 11.8. The molecular formula is C13H19ClN2O. The largest absolute Gasteiger partial charge is 0.352 e. The van der Waals surface area contributed by atoms with E-state index < -0.39 is 0 Å². The maximum atomic E-state index is 11.8. The Kier molecular flexibility index (Phi) is 5.45.